The summed E-state index contributed by atoms with van der Waals surface area (Å²) < 4.78 is 2.68. The third-order valence-electron chi connectivity index (χ3n) is 2.71. The predicted molar refractivity (Wildman–Crippen MR) is 65.3 cm³/mol. The first-order valence-corrected chi connectivity index (χ1v) is 5.53. The molecule has 0 saturated carbocycles. The van der Waals surface area contributed by atoms with Gasteiger partial charge in [0.2, 0.25) is 0 Å². The van der Waals surface area contributed by atoms with E-state index in [-0.39, 0.29) is 12.2 Å². The zero-order chi connectivity index (χ0) is 13.2. The summed E-state index contributed by atoms with van der Waals surface area (Å²) >= 11 is 0. The molecule has 7 nitrogen and oxygen atoms in total. The molecular formula is C12H8N6O. The number of nitriles is 1. The fraction of sp³-hybridized carbons (Fsp3) is 0.0833. The summed E-state index contributed by atoms with van der Waals surface area (Å²) in [4.78, 5) is 19.9. The van der Waals surface area contributed by atoms with Gasteiger partial charge >= 0.3 is 5.69 Å². The molecule has 0 aliphatic carbocycles. The van der Waals surface area contributed by atoms with Crippen LogP contribution in [0.2, 0.25) is 0 Å². The van der Waals surface area contributed by atoms with Crippen molar-refractivity contribution in [3.63, 3.8) is 0 Å². The lowest BCUT2D eigenvalue weighted by Crippen LogP contribution is -2.22. The minimum atomic E-state index is -0.273. The molecule has 0 unspecified atom stereocenters. The lowest BCUT2D eigenvalue weighted by atomic mass is 10.2. The van der Waals surface area contributed by atoms with E-state index in [2.05, 4.69) is 15.1 Å². The Bertz CT molecular complexity index is 841. The predicted octanol–water partition coefficient (Wildman–Crippen LogP) is 0.206. The number of hydrogen-bond donors (Lipinski definition) is 0. The molecule has 7 heteroatoms. The Labute approximate surface area is 107 Å². The van der Waals surface area contributed by atoms with E-state index in [4.69, 9.17) is 5.26 Å². The molecule has 0 aliphatic heterocycles. The third-order valence-corrected chi connectivity index (χ3v) is 2.71. The van der Waals surface area contributed by atoms with Crippen LogP contribution in [0, 0.1) is 11.3 Å². The average molecular weight is 252 g/mol. The highest BCUT2D eigenvalue weighted by Gasteiger charge is 2.09. The van der Waals surface area contributed by atoms with Gasteiger partial charge in [0.25, 0.3) is 0 Å². The van der Waals surface area contributed by atoms with Crippen molar-refractivity contribution in [3.05, 3.63) is 58.7 Å². The van der Waals surface area contributed by atoms with Crippen LogP contribution in [0.3, 0.4) is 0 Å². The van der Waals surface area contributed by atoms with Gasteiger partial charge in [-0.05, 0) is 6.07 Å². The minimum absolute atomic E-state index is 0.206. The highest BCUT2D eigenvalue weighted by Crippen LogP contribution is 2.05. The number of rotatable bonds is 2. The summed E-state index contributed by atoms with van der Waals surface area (Å²) in [6.45, 7) is 0.206. The molecule has 19 heavy (non-hydrogen) atoms. The van der Waals surface area contributed by atoms with Gasteiger partial charge in [-0.3, -0.25) is 4.98 Å². The second-order valence-electron chi connectivity index (χ2n) is 3.87. The molecule has 0 spiro atoms. The molecule has 3 aromatic rings. The molecule has 0 bridgehead atoms. The molecule has 0 fully saturated rings. The quantitative estimate of drug-likeness (QED) is 0.650. The van der Waals surface area contributed by atoms with Gasteiger partial charge in [-0.2, -0.15) is 5.26 Å². The largest absolute Gasteiger partial charge is 0.350 e. The molecule has 0 saturated heterocycles. The maximum atomic E-state index is 12.1. The van der Waals surface area contributed by atoms with E-state index < -0.39 is 0 Å². The van der Waals surface area contributed by atoms with Gasteiger partial charge in [0.1, 0.15) is 11.8 Å². The van der Waals surface area contributed by atoms with Crippen LogP contribution in [0.5, 0.6) is 0 Å². The van der Waals surface area contributed by atoms with Gasteiger partial charge in [-0.1, -0.05) is 6.07 Å². The van der Waals surface area contributed by atoms with E-state index in [1.807, 2.05) is 6.07 Å². The van der Waals surface area contributed by atoms with Gasteiger partial charge < -0.3 is 0 Å². The summed E-state index contributed by atoms with van der Waals surface area (Å²) in [5, 5.41) is 13.1. The number of nitrogens with zero attached hydrogens (tertiary/aromatic N) is 6. The molecular weight excluding hydrogens is 244 g/mol. The van der Waals surface area contributed by atoms with Crippen molar-refractivity contribution in [2.24, 2.45) is 0 Å². The lowest BCUT2D eigenvalue weighted by molar-refractivity contribution is 0.655. The number of fused-ring (bicyclic) bond motifs is 1. The van der Waals surface area contributed by atoms with Gasteiger partial charge in [0.05, 0.1) is 12.7 Å². The first-order valence-electron chi connectivity index (χ1n) is 5.53. The molecule has 0 atom stereocenters. The Balaban J connectivity index is 2.09. The van der Waals surface area contributed by atoms with Crippen LogP contribution < -0.4 is 5.69 Å². The van der Waals surface area contributed by atoms with E-state index >= 15 is 0 Å². The van der Waals surface area contributed by atoms with Crippen LogP contribution in [0.1, 0.15) is 11.3 Å². The van der Waals surface area contributed by atoms with Gasteiger partial charge in [0, 0.05) is 24.2 Å². The van der Waals surface area contributed by atoms with E-state index in [1.54, 1.807) is 24.5 Å². The molecule has 3 heterocycles. The summed E-state index contributed by atoms with van der Waals surface area (Å²) in [6.07, 6.45) is 6.12. The zero-order valence-corrected chi connectivity index (χ0v) is 9.76. The smallest absolute Gasteiger partial charge is 0.259 e. The van der Waals surface area contributed by atoms with Gasteiger partial charge in [-0.15, -0.1) is 5.10 Å². The summed E-state index contributed by atoms with van der Waals surface area (Å²) in [6, 6.07) is 5.47. The summed E-state index contributed by atoms with van der Waals surface area (Å²) in [7, 11) is 0. The van der Waals surface area contributed by atoms with Crippen LogP contribution >= 0.6 is 0 Å². The van der Waals surface area contributed by atoms with Crippen molar-refractivity contribution < 1.29 is 0 Å². The molecule has 0 amide bonds. The summed E-state index contributed by atoms with van der Waals surface area (Å²) in [5.41, 5.74) is 1.15. The van der Waals surface area contributed by atoms with Crippen molar-refractivity contribution in [2.75, 3.05) is 0 Å². The lowest BCUT2D eigenvalue weighted by Gasteiger charge is -2.01. The Morgan fingerprint density at radius 1 is 1.37 bits per heavy atom. The molecule has 0 aliphatic rings. The van der Waals surface area contributed by atoms with Crippen LogP contribution in [-0.4, -0.2) is 24.1 Å². The van der Waals surface area contributed by atoms with E-state index in [1.165, 1.54) is 21.5 Å². The van der Waals surface area contributed by atoms with Crippen molar-refractivity contribution in [1.29, 1.82) is 5.26 Å². The Hall–Kier alpha value is -3.01. The molecule has 92 valence electrons. The zero-order valence-electron chi connectivity index (χ0n) is 9.76. The molecule has 0 radical (unpaired) electrons. The van der Waals surface area contributed by atoms with Crippen molar-refractivity contribution >= 4 is 5.65 Å². The number of pyridine rings is 1. The van der Waals surface area contributed by atoms with Crippen LogP contribution in [0.15, 0.2) is 41.7 Å². The standard InChI is InChI=1S/C12H8N6O/c13-6-10-9(2-1-3-15-10)8-18-12(19)17-5-4-14-7-11(17)16-18/h1-5,7H,8H2. The van der Waals surface area contributed by atoms with E-state index in [0.29, 0.717) is 16.9 Å². The maximum Gasteiger partial charge on any atom is 0.350 e. The highest BCUT2D eigenvalue weighted by atomic mass is 16.2. The first kappa shape index (κ1) is 11.1. The summed E-state index contributed by atoms with van der Waals surface area (Å²) in [5.74, 6) is 0. The monoisotopic (exact) mass is 252 g/mol. The third kappa shape index (κ3) is 1.85. The Morgan fingerprint density at radius 3 is 3.05 bits per heavy atom. The van der Waals surface area contributed by atoms with Gasteiger partial charge in [-0.25, -0.2) is 18.9 Å². The second kappa shape index (κ2) is 4.34. The SMILES string of the molecule is N#Cc1ncccc1Cn1nc2cnccn2c1=O. The van der Waals surface area contributed by atoms with Crippen LogP contribution in [0.4, 0.5) is 0 Å². The Morgan fingerprint density at radius 2 is 2.26 bits per heavy atom. The first-order chi connectivity index (χ1) is 9.29. The van der Waals surface area contributed by atoms with Crippen LogP contribution in [-0.2, 0) is 6.54 Å². The van der Waals surface area contributed by atoms with Crippen molar-refractivity contribution in [2.45, 2.75) is 6.54 Å². The van der Waals surface area contributed by atoms with Crippen molar-refractivity contribution in [1.82, 2.24) is 24.1 Å². The normalized spacial score (nSPS) is 10.5. The van der Waals surface area contributed by atoms with E-state index in [9.17, 15) is 4.79 Å². The molecule has 3 rings (SSSR count). The fourth-order valence-corrected chi connectivity index (χ4v) is 1.81. The van der Waals surface area contributed by atoms with Gasteiger partial charge in [0.15, 0.2) is 5.65 Å². The van der Waals surface area contributed by atoms with E-state index in [0.717, 1.165) is 0 Å². The minimum Gasteiger partial charge on any atom is -0.259 e. The maximum absolute atomic E-state index is 12.1. The van der Waals surface area contributed by atoms with Crippen LogP contribution in [0.25, 0.3) is 5.65 Å². The fourth-order valence-electron chi connectivity index (χ4n) is 1.81. The van der Waals surface area contributed by atoms with Crippen molar-refractivity contribution in [3.8, 4) is 6.07 Å². The molecule has 3 aromatic heterocycles. The Kier molecular flexibility index (Phi) is 2.54. The molecule has 0 N–H and O–H groups in total. The second-order valence-corrected chi connectivity index (χ2v) is 3.87. The average Bonchev–Trinajstić information content (AvgIpc) is 2.77. The molecule has 0 aromatic carbocycles. The number of hydrogen-bond acceptors (Lipinski definition) is 5. The number of aromatic nitrogens is 5. The topological polar surface area (TPSA) is 88.9 Å². The highest BCUT2D eigenvalue weighted by molar-refractivity contribution is 5.33.